The van der Waals surface area contributed by atoms with Crippen molar-refractivity contribution in [1.29, 1.82) is 0 Å². The number of carbonyl (C=O) groups is 1. The van der Waals surface area contributed by atoms with Crippen molar-refractivity contribution in [3.63, 3.8) is 0 Å². The van der Waals surface area contributed by atoms with Gasteiger partial charge in [0.05, 0.1) is 0 Å². The van der Waals surface area contributed by atoms with Gasteiger partial charge in [0.1, 0.15) is 5.60 Å². The third-order valence-electron chi connectivity index (χ3n) is 3.89. The van der Waals surface area contributed by atoms with Crippen LogP contribution in [-0.4, -0.2) is 42.3 Å². The van der Waals surface area contributed by atoms with Crippen LogP contribution in [0.5, 0.6) is 0 Å². The van der Waals surface area contributed by atoms with Crippen LogP contribution in [0.4, 0.5) is 4.79 Å². The summed E-state index contributed by atoms with van der Waals surface area (Å²) in [6, 6.07) is 0.229. The molecule has 1 fully saturated rings. The van der Waals surface area contributed by atoms with Gasteiger partial charge in [0.25, 0.3) is 0 Å². The summed E-state index contributed by atoms with van der Waals surface area (Å²) in [6.07, 6.45) is 3.23. The summed E-state index contributed by atoms with van der Waals surface area (Å²) >= 11 is 0. The van der Waals surface area contributed by atoms with E-state index in [1.165, 1.54) is 12.8 Å². The molecule has 1 saturated heterocycles. The largest absolute Gasteiger partial charge is 0.444 e. The van der Waals surface area contributed by atoms with Crippen LogP contribution in [-0.2, 0) is 4.74 Å². The number of carbonyl (C=O) groups excluding carboxylic acids is 1. The van der Waals surface area contributed by atoms with Crippen LogP contribution < -0.4 is 5.32 Å². The lowest BCUT2D eigenvalue weighted by Gasteiger charge is -2.25. The Morgan fingerprint density at radius 1 is 1.27 bits per heavy atom. The minimum absolute atomic E-state index is 0.229. The molecule has 0 saturated carbocycles. The van der Waals surface area contributed by atoms with Crippen molar-refractivity contribution in [2.75, 3.05) is 19.6 Å². The smallest absolute Gasteiger partial charge is 0.407 e. The van der Waals surface area contributed by atoms with Crippen LogP contribution in [0.3, 0.4) is 0 Å². The normalized spacial score (nSPS) is 21.7. The van der Waals surface area contributed by atoms with Crippen molar-refractivity contribution in [2.24, 2.45) is 11.3 Å². The van der Waals surface area contributed by atoms with Gasteiger partial charge in [-0.3, -0.25) is 0 Å². The van der Waals surface area contributed by atoms with Gasteiger partial charge in [-0.2, -0.15) is 0 Å². The van der Waals surface area contributed by atoms with Gasteiger partial charge in [-0.15, -0.1) is 0 Å². The Morgan fingerprint density at radius 3 is 2.45 bits per heavy atom. The number of alkyl carbamates (subject to hydrolysis) is 1. The van der Waals surface area contributed by atoms with Crippen molar-refractivity contribution < 1.29 is 9.53 Å². The second kappa shape index (κ2) is 7.67. The Labute approximate surface area is 137 Å². The second-order valence-corrected chi connectivity index (χ2v) is 9.09. The summed E-state index contributed by atoms with van der Waals surface area (Å²) in [5.74, 6) is 0.748. The van der Waals surface area contributed by atoms with E-state index in [9.17, 15) is 4.79 Å². The topological polar surface area (TPSA) is 41.6 Å². The fourth-order valence-electron chi connectivity index (χ4n) is 3.18. The maximum Gasteiger partial charge on any atom is 0.407 e. The molecule has 1 heterocycles. The molecule has 22 heavy (non-hydrogen) atoms. The van der Waals surface area contributed by atoms with Gasteiger partial charge < -0.3 is 15.0 Å². The van der Waals surface area contributed by atoms with E-state index in [4.69, 9.17) is 4.74 Å². The molecule has 0 aromatic heterocycles. The predicted octanol–water partition coefficient (Wildman–Crippen LogP) is 4.05. The van der Waals surface area contributed by atoms with Crippen LogP contribution in [0.15, 0.2) is 0 Å². The highest BCUT2D eigenvalue weighted by Crippen LogP contribution is 2.26. The zero-order chi connectivity index (χ0) is 17.0. The standard InChI is InChI=1S/C18H36N2O2/c1-14(12-17(2,3)4)8-10-20-11-9-15(13-20)19-16(21)22-18(5,6)7/h14-15H,8-13H2,1-7H3,(H,19,21). The molecule has 1 N–H and O–H groups in total. The summed E-state index contributed by atoms with van der Waals surface area (Å²) in [6.45, 7) is 18.1. The molecule has 0 spiro atoms. The third-order valence-corrected chi connectivity index (χ3v) is 3.89. The zero-order valence-electron chi connectivity index (χ0n) is 15.7. The van der Waals surface area contributed by atoms with Crippen molar-refractivity contribution in [3.05, 3.63) is 0 Å². The van der Waals surface area contributed by atoms with Crippen LogP contribution in [0, 0.1) is 11.3 Å². The van der Waals surface area contributed by atoms with Crippen LogP contribution in [0.2, 0.25) is 0 Å². The molecule has 0 aliphatic carbocycles. The lowest BCUT2D eigenvalue weighted by molar-refractivity contribution is 0.0505. The lowest BCUT2D eigenvalue weighted by Crippen LogP contribution is -2.40. The molecular weight excluding hydrogens is 276 g/mol. The molecule has 1 amide bonds. The number of likely N-dealkylation sites (tertiary alicyclic amines) is 1. The van der Waals surface area contributed by atoms with Gasteiger partial charge in [0.15, 0.2) is 0 Å². The van der Waals surface area contributed by atoms with E-state index in [2.05, 4.69) is 37.9 Å². The van der Waals surface area contributed by atoms with E-state index in [1.54, 1.807) is 0 Å². The fourth-order valence-corrected chi connectivity index (χ4v) is 3.18. The number of nitrogens with one attached hydrogen (secondary N) is 1. The first-order chi connectivity index (χ1) is 9.94. The molecule has 0 radical (unpaired) electrons. The van der Waals surface area contributed by atoms with Gasteiger partial charge in [-0.05, 0) is 57.9 Å². The van der Waals surface area contributed by atoms with Crippen molar-refractivity contribution >= 4 is 6.09 Å². The maximum atomic E-state index is 11.8. The summed E-state index contributed by atoms with van der Waals surface area (Å²) in [4.78, 5) is 14.3. The SMILES string of the molecule is CC(CCN1CCC(NC(=O)OC(C)(C)C)C1)CC(C)(C)C. The zero-order valence-corrected chi connectivity index (χ0v) is 15.7. The summed E-state index contributed by atoms with van der Waals surface area (Å²) in [5.41, 5.74) is -0.0179. The predicted molar refractivity (Wildman–Crippen MR) is 92.1 cm³/mol. The van der Waals surface area contributed by atoms with Gasteiger partial charge in [-0.25, -0.2) is 4.79 Å². The second-order valence-electron chi connectivity index (χ2n) is 9.09. The molecule has 0 bridgehead atoms. The Hall–Kier alpha value is -0.770. The number of hydrogen-bond donors (Lipinski definition) is 1. The summed E-state index contributed by atoms with van der Waals surface area (Å²) < 4.78 is 5.32. The van der Waals surface area contributed by atoms with E-state index in [-0.39, 0.29) is 12.1 Å². The third kappa shape index (κ3) is 8.62. The first-order valence-corrected chi connectivity index (χ1v) is 8.66. The van der Waals surface area contributed by atoms with E-state index >= 15 is 0 Å². The molecular formula is C18H36N2O2. The Balaban J connectivity index is 2.24. The van der Waals surface area contributed by atoms with E-state index in [0.717, 1.165) is 32.0 Å². The van der Waals surface area contributed by atoms with Crippen LogP contribution >= 0.6 is 0 Å². The monoisotopic (exact) mass is 312 g/mol. The van der Waals surface area contributed by atoms with Crippen molar-refractivity contribution in [2.45, 2.75) is 79.4 Å². The highest BCUT2D eigenvalue weighted by Gasteiger charge is 2.26. The van der Waals surface area contributed by atoms with Gasteiger partial charge in [0, 0.05) is 19.1 Å². The highest BCUT2D eigenvalue weighted by atomic mass is 16.6. The van der Waals surface area contributed by atoms with E-state index in [0.29, 0.717) is 5.41 Å². The van der Waals surface area contributed by atoms with Gasteiger partial charge >= 0.3 is 6.09 Å². The lowest BCUT2D eigenvalue weighted by atomic mass is 9.84. The molecule has 2 unspecified atom stereocenters. The molecule has 0 aromatic rings. The molecule has 1 rings (SSSR count). The van der Waals surface area contributed by atoms with E-state index in [1.807, 2.05) is 20.8 Å². The Morgan fingerprint density at radius 2 is 1.91 bits per heavy atom. The maximum absolute atomic E-state index is 11.8. The summed E-state index contributed by atoms with van der Waals surface area (Å²) in [7, 11) is 0. The molecule has 2 atom stereocenters. The number of ether oxygens (including phenoxy) is 1. The Kier molecular flexibility index (Phi) is 6.72. The average molecular weight is 312 g/mol. The van der Waals surface area contributed by atoms with Crippen LogP contribution in [0.25, 0.3) is 0 Å². The van der Waals surface area contributed by atoms with Crippen LogP contribution in [0.1, 0.15) is 67.7 Å². The highest BCUT2D eigenvalue weighted by molar-refractivity contribution is 5.68. The van der Waals surface area contributed by atoms with Crippen molar-refractivity contribution in [3.8, 4) is 0 Å². The Bertz CT molecular complexity index is 355. The summed E-state index contributed by atoms with van der Waals surface area (Å²) in [5, 5.41) is 2.99. The molecule has 4 heteroatoms. The molecule has 1 aliphatic rings. The first kappa shape index (κ1) is 19.3. The molecule has 0 aromatic carbocycles. The minimum Gasteiger partial charge on any atom is -0.444 e. The van der Waals surface area contributed by atoms with Gasteiger partial charge in [-0.1, -0.05) is 27.7 Å². The fraction of sp³-hybridized carbons (Fsp3) is 0.944. The van der Waals surface area contributed by atoms with Gasteiger partial charge in [0.2, 0.25) is 0 Å². The van der Waals surface area contributed by atoms with Crippen molar-refractivity contribution in [1.82, 2.24) is 10.2 Å². The number of nitrogens with zero attached hydrogens (tertiary/aromatic N) is 1. The average Bonchev–Trinajstić information content (AvgIpc) is 2.68. The molecule has 130 valence electrons. The van der Waals surface area contributed by atoms with E-state index < -0.39 is 5.60 Å². The molecule has 1 aliphatic heterocycles. The first-order valence-electron chi connectivity index (χ1n) is 8.66. The molecule has 4 nitrogen and oxygen atoms in total. The quantitative estimate of drug-likeness (QED) is 0.832. The number of hydrogen-bond acceptors (Lipinski definition) is 3. The number of amides is 1. The number of rotatable bonds is 5. The minimum atomic E-state index is -0.426.